The first-order valence-corrected chi connectivity index (χ1v) is 8.85. The molecule has 2 aromatic rings. The minimum Gasteiger partial charge on any atom is -0.304 e. The largest absolute Gasteiger partial charge is 0.344 e. The van der Waals surface area contributed by atoms with Crippen molar-refractivity contribution in [1.82, 2.24) is 19.9 Å². The van der Waals surface area contributed by atoms with Crippen molar-refractivity contribution in [2.24, 2.45) is 0 Å². The number of rotatable bonds is 5. The van der Waals surface area contributed by atoms with Crippen LogP contribution in [0.15, 0.2) is 40.5 Å². The number of halogens is 1. The predicted octanol–water partition coefficient (Wildman–Crippen LogP) is 2.76. The maximum absolute atomic E-state index is 11.6. The van der Waals surface area contributed by atoms with E-state index in [1.54, 1.807) is 24.3 Å². The Balaban J connectivity index is 1.83. The summed E-state index contributed by atoms with van der Waals surface area (Å²) in [4.78, 5) is 22.3. The molecule has 0 bridgehead atoms. The number of nitrogens with zero attached hydrogens (tertiary/aromatic N) is 5. The third kappa shape index (κ3) is 4.57. The van der Waals surface area contributed by atoms with E-state index >= 15 is 0 Å². The van der Waals surface area contributed by atoms with E-state index in [1.165, 1.54) is 18.1 Å². The van der Waals surface area contributed by atoms with Gasteiger partial charge in [0.2, 0.25) is 5.82 Å². The monoisotopic (exact) mass is 380 g/mol. The predicted molar refractivity (Wildman–Crippen MR) is 97.0 cm³/mol. The second kappa shape index (κ2) is 7.96. The van der Waals surface area contributed by atoms with Gasteiger partial charge >= 0.3 is 5.69 Å². The van der Waals surface area contributed by atoms with Crippen molar-refractivity contribution in [3.05, 3.63) is 45.7 Å². The van der Waals surface area contributed by atoms with E-state index in [1.807, 2.05) is 12.1 Å². The summed E-state index contributed by atoms with van der Waals surface area (Å²) in [6, 6.07) is 7.07. The molecule has 1 aliphatic heterocycles. The highest BCUT2D eigenvalue weighted by Gasteiger charge is 2.26. The lowest BCUT2D eigenvalue weighted by Crippen LogP contribution is -2.47. The molecule has 10 heteroatoms. The number of piperazine rings is 1. The van der Waals surface area contributed by atoms with E-state index in [-0.39, 0.29) is 11.5 Å². The molecule has 132 valence electrons. The Morgan fingerprint density at radius 3 is 2.52 bits per heavy atom. The Bertz CT molecular complexity index is 752. The number of aromatic nitrogens is 2. The minimum absolute atomic E-state index is 0.124. The Hall–Kier alpha value is -1.94. The lowest BCUT2D eigenvalue weighted by atomic mass is 10.4. The highest BCUT2D eigenvalue weighted by atomic mass is 35.5. The van der Waals surface area contributed by atoms with Crippen molar-refractivity contribution in [3.8, 4) is 0 Å². The van der Waals surface area contributed by atoms with Crippen LogP contribution in [-0.4, -0.2) is 58.0 Å². The van der Waals surface area contributed by atoms with Crippen molar-refractivity contribution in [2.75, 3.05) is 38.7 Å². The van der Waals surface area contributed by atoms with Crippen LogP contribution in [0.1, 0.15) is 0 Å². The van der Waals surface area contributed by atoms with Crippen LogP contribution in [0.3, 0.4) is 0 Å². The van der Waals surface area contributed by atoms with Crippen LogP contribution >= 0.6 is 23.4 Å². The van der Waals surface area contributed by atoms with E-state index in [0.29, 0.717) is 10.0 Å². The Labute approximate surface area is 154 Å². The first kappa shape index (κ1) is 17.9. The summed E-state index contributed by atoms with van der Waals surface area (Å²) in [5.41, 5.74) is 2.94. The number of hydrogen-bond acceptors (Lipinski definition) is 8. The van der Waals surface area contributed by atoms with Crippen molar-refractivity contribution < 1.29 is 4.92 Å². The van der Waals surface area contributed by atoms with E-state index in [0.717, 1.165) is 31.1 Å². The summed E-state index contributed by atoms with van der Waals surface area (Å²) in [5, 5.41) is 14.4. The molecule has 0 atom stereocenters. The van der Waals surface area contributed by atoms with Gasteiger partial charge in [-0.1, -0.05) is 23.4 Å². The number of hydrogen-bond donors (Lipinski definition) is 1. The van der Waals surface area contributed by atoms with Gasteiger partial charge < -0.3 is 4.90 Å². The van der Waals surface area contributed by atoms with Gasteiger partial charge in [-0.05, 0) is 31.3 Å². The first-order valence-electron chi connectivity index (χ1n) is 7.66. The normalized spacial score (nSPS) is 15.9. The highest BCUT2D eigenvalue weighted by Crippen LogP contribution is 2.36. The van der Waals surface area contributed by atoms with Crippen LogP contribution in [0.5, 0.6) is 0 Å². The molecule has 0 amide bonds. The fraction of sp³-hybridized carbons (Fsp3) is 0.333. The highest BCUT2D eigenvalue weighted by molar-refractivity contribution is 7.99. The van der Waals surface area contributed by atoms with Gasteiger partial charge in [-0.25, -0.2) is 15.0 Å². The van der Waals surface area contributed by atoms with Crippen LogP contribution < -0.4 is 5.43 Å². The molecule has 1 saturated heterocycles. The molecule has 1 fully saturated rings. The SMILES string of the molecule is CN1CCN(Nc2ncnc(Sc3ccc(Cl)cc3)c2[N+](=O)[O-])CC1. The van der Waals surface area contributed by atoms with Crippen LogP contribution in [0.4, 0.5) is 11.5 Å². The lowest BCUT2D eigenvalue weighted by Gasteiger charge is -2.32. The fourth-order valence-electron chi connectivity index (χ4n) is 2.37. The van der Waals surface area contributed by atoms with Gasteiger partial charge in [-0.15, -0.1) is 0 Å². The molecular weight excluding hydrogens is 364 g/mol. The molecule has 2 heterocycles. The zero-order valence-electron chi connectivity index (χ0n) is 13.6. The number of likely N-dealkylation sites (N-methyl/N-ethyl adjacent to an activating group) is 1. The van der Waals surface area contributed by atoms with E-state index in [2.05, 4.69) is 20.3 Å². The molecule has 25 heavy (non-hydrogen) atoms. The molecule has 0 spiro atoms. The Morgan fingerprint density at radius 1 is 1.20 bits per heavy atom. The van der Waals surface area contributed by atoms with Gasteiger partial charge in [0.05, 0.1) is 4.92 Å². The average molecular weight is 381 g/mol. The van der Waals surface area contributed by atoms with E-state index in [4.69, 9.17) is 11.6 Å². The number of hydrazine groups is 1. The van der Waals surface area contributed by atoms with Crippen molar-refractivity contribution >= 4 is 34.9 Å². The van der Waals surface area contributed by atoms with Crippen LogP contribution in [0, 0.1) is 10.1 Å². The third-order valence-corrected chi connectivity index (χ3v) is 5.02. The standard InChI is InChI=1S/C15H17ClN6O2S/c1-20-6-8-21(9-7-20)19-14-13(22(23)24)15(18-10-17-14)25-12-4-2-11(16)3-5-12/h2-5,10H,6-9H2,1H3,(H,17,18,19). The van der Waals surface area contributed by atoms with Crippen molar-refractivity contribution in [1.29, 1.82) is 0 Å². The molecular formula is C15H17ClN6O2S. The summed E-state index contributed by atoms with van der Waals surface area (Å²) in [5.74, 6) is 0.209. The van der Waals surface area contributed by atoms with E-state index < -0.39 is 4.92 Å². The molecule has 8 nitrogen and oxygen atoms in total. The first-order chi connectivity index (χ1) is 12.0. The third-order valence-electron chi connectivity index (χ3n) is 3.77. The van der Waals surface area contributed by atoms with Crippen LogP contribution in [-0.2, 0) is 0 Å². The number of anilines is 1. The van der Waals surface area contributed by atoms with Gasteiger partial charge in [0.25, 0.3) is 0 Å². The molecule has 1 aromatic heterocycles. The molecule has 0 radical (unpaired) electrons. The summed E-state index contributed by atoms with van der Waals surface area (Å²) in [7, 11) is 2.05. The fourth-order valence-corrected chi connectivity index (χ4v) is 3.36. The second-order valence-corrected chi connectivity index (χ2v) is 7.09. The number of nitrogens with one attached hydrogen (secondary N) is 1. The lowest BCUT2D eigenvalue weighted by molar-refractivity contribution is -0.387. The number of benzene rings is 1. The van der Waals surface area contributed by atoms with Gasteiger partial charge in [-0.3, -0.25) is 15.5 Å². The molecule has 1 aromatic carbocycles. The smallest absolute Gasteiger partial charge is 0.304 e. The maximum Gasteiger partial charge on any atom is 0.344 e. The van der Waals surface area contributed by atoms with Gasteiger partial charge in [0, 0.05) is 36.1 Å². The zero-order chi connectivity index (χ0) is 17.8. The summed E-state index contributed by atoms with van der Waals surface area (Å²) in [6.07, 6.45) is 1.34. The Kier molecular flexibility index (Phi) is 5.69. The zero-order valence-corrected chi connectivity index (χ0v) is 15.1. The maximum atomic E-state index is 11.6. The molecule has 0 aliphatic carbocycles. The molecule has 0 saturated carbocycles. The van der Waals surface area contributed by atoms with Crippen LogP contribution in [0.2, 0.25) is 5.02 Å². The number of nitro groups is 1. The second-order valence-electron chi connectivity index (χ2n) is 5.59. The topological polar surface area (TPSA) is 87.4 Å². The average Bonchev–Trinajstić information content (AvgIpc) is 2.59. The summed E-state index contributed by atoms with van der Waals surface area (Å²) in [6.45, 7) is 3.30. The van der Waals surface area contributed by atoms with Gasteiger partial charge in [0.15, 0.2) is 5.03 Å². The quantitative estimate of drug-likeness (QED) is 0.481. The molecule has 1 aliphatic rings. The van der Waals surface area contributed by atoms with Crippen molar-refractivity contribution in [3.63, 3.8) is 0 Å². The Morgan fingerprint density at radius 2 is 1.88 bits per heavy atom. The summed E-state index contributed by atoms with van der Waals surface area (Å²) < 4.78 is 0. The minimum atomic E-state index is -0.448. The molecule has 0 unspecified atom stereocenters. The van der Waals surface area contributed by atoms with Gasteiger partial charge in [0.1, 0.15) is 6.33 Å². The van der Waals surface area contributed by atoms with Gasteiger partial charge in [-0.2, -0.15) is 0 Å². The molecule has 3 rings (SSSR count). The van der Waals surface area contributed by atoms with Crippen LogP contribution in [0.25, 0.3) is 0 Å². The summed E-state index contributed by atoms with van der Waals surface area (Å²) >= 11 is 7.09. The van der Waals surface area contributed by atoms with Crippen molar-refractivity contribution in [2.45, 2.75) is 9.92 Å². The molecule has 1 N–H and O–H groups in total. The van der Waals surface area contributed by atoms with E-state index in [9.17, 15) is 10.1 Å².